The summed E-state index contributed by atoms with van der Waals surface area (Å²) in [7, 11) is -1.93. The Labute approximate surface area is 228 Å². The van der Waals surface area contributed by atoms with Crippen molar-refractivity contribution in [3.05, 3.63) is 53.7 Å². The van der Waals surface area contributed by atoms with E-state index in [0.29, 0.717) is 23.2 Å². The number of hydrogen-bond acceptors (Lipinski definition) is 10. The molecule has 2 N–H and O–H groups in total. The minimum Gasteiger partial charge on any atom is -0.494 e. The summed E-state index contributed by atoms with van der Waals surface area (Å²) in [5, 5.41) is 12.5. The standard InChI is InChI=1S/C26H32ClN7O3S/c1-17(2)34-13-12-33(16-29-34)19-10-11-21(23(14-19)37-5)31-26-28-15-20(27)25(32-26)30-22-8-6-7-9-24(22)38(35,36)18(3)4/h6-11,14-18H,12-13H2,1-5H3,(H2,28,30,31,32). The number of methoxy groups -OCH3 is 1. The lowest BCUT2D eigenvalue weighted by atomic mass is 10.2. The molecular formula is C26H32ClN7O3S. The Morgan fingerprint density at radius 3 is 2.45 bits per heavy atom. The zero-order valence-corrected chi connectivity index (χ0v) is 23.6. The quantitative estimate of drug-likeness (QED) is 0.363. The molecule has 0 spiro atoms. The van der Waals surface area contributed by atoms with Crippen LogP contribution in [0.15, 0.2) is 58.7 Å². The second-order valence-corrected chi connectivity index (χ2v) is 12.2. The van der Waals surface area contributed by atoms with E-state index in [1.54, 1.807) is 45.2 Å². The molecule has 0 atom stereocenters. The summed E-state index contributed by atoms with van der Waals surface area (Å²) in [5.74, 6) is 1.13. The van der Waals surface area contributed by atoms with E-state index in [-0.39, 0.29) is 21.7 Å². The number of ether oxygens (including phenoxy) is 1. The molecule has 4 rings (SSSR count). The molecule has 202 valence electrons. The molecule has 3 aromatic rings. The molecular weight excluding hydrogens is 526 g/mol. The van der Waals surface area contributed by atoms with Crippen LogP contribution in [0.4, 0.5) is 28.8 Å². The van der Waals surface area contributed by atoms with Crippen LogP contribution in [0.3, 0.4) is 0 Å². The fraction of sp³-hybridized carbons (Fsp3) is 0.346. The third-order valence-corrected chi connectivity index (χ3v) is 8.57. The van der Waals surface area contributed by atoms with Crippen molar-refractivity contribution in [1.82, 2.24) is 15.0 Å². The molecule has 0 saturated heterocycles. The van der Waals surface area contributed by atoms with E-state index in [0.717, 1.165) is 18.8 Å². The molecule has 12 heteroatoms. The number of para-hydroxylation sites is 1. The van der Waals surface area contributed by atoms with Crippen molar-refractivity contribution in [3.8, 4) is 5.75 Å². The topological polar surface area (TPSA) is 112 Å². The number of anilines is 5. The predicted octanol–water partition coefficient (Wildman–Crippen LogP) is 5.28. The van der Waals surface area contributed by atoms with Gasteiger partial charge in [-0.1, -0.05) is 23.7 Å². The second-order valence-electron chi connectivity index (χ2n) is 9.30. The van der Waals surface area contributed by atoms with Crippen LogP contribution in [0.25, 0.3) is 0 Å². The van der Waals surface area contributed by atoms with Gasteiger partial charge in [0.25, 0.3) is 0 Å². The molecule has 2 aromatic carbocycles. The van der Waals surface area contributed by atoms with Crippen LogP contribution >= 0.6 is 11.6 Å². The molecule has 0 unspecified atom stereocenters. The van der Waals surface area contributed by atoms with Crippen molar-refractivity contribution in [2.75, 3.05) is 35.7 Å². The molecule has 0 aliphatic carbocycles. The van der Waals surface area contributed by atoms with Gasteiger partial charge in [0.05, 0.1) is 41.4 Å². The number of nitrogens with zero attached hydrogens (tertiary/aromatic N) is 5. The molecule has 0 bridgehead atoms. The van der Waals surface area contributed by atoms with Gasteiger partial charge < -0.3 is 20.3 Å². The first kappa shape index (κ1) is 27.5. The number of rotatable bonds is 9. The smallest absolute Gasteiger partial charge is 0.229 e. The van der Waals surface area contributed by atoms with Crippen molar-refractivity contribution >= 4 is 56.6 Å². The van der Waals surface area contributed by atoms with Gasteiger partial charge in [0.15, 0.2) is 15.7 Å². The molecule has 38 heavy (non-hydrogen) atoms. The van der Waals surface area contributed by atoms with Gasteiger partial charge in [0, 0.05) is 24.3 Å². The van der Waals surface area contributed by atoms with Crippen LogP contribution in [0.1, 0.15) is 27.7 Å². The highest BCUT2D eigenvalue weighted by Gasteiger charge is 2.23. The van der Waals surface area contributed by atoms with Gasteiger partial charge in [0.2, 0.25) is 5.95 Å². The normalized spacial score (nSPS) is 13.8. The van der Waals surface area contributed by atoms with Gasteiger partial charge in [0.1, 0.15) is 17.1 Å². The Balaban J connectivity index is 1.57. The van der Waals surface area contributed by atoms with Crippen LogP contribution in [0, 0.1) is 0 Å². The average Bonchev–Trinajstić information content (AvgIpc) is 2.91. The van der Waals surface area contributed by atoms with Crippen molar-refractivity contribution in [2.24, 2.45) is 5.10 Å². The first-order chi connectivity index (χ1) is 18.1. The molecule has 10 nitrogen and oxygen atoms in total. The van der Waals surface area contributed by atoms with Crippen LogP contribution in [-0.4, -0.2) is 61.2 Å². The Morgan fingerprint density at radius 1 is 1.03 bits per heavy atom. The van der Waals surface area contributed by atoms with Crippen molar-refractivity contribution < 1.29 is 13.2 Å². The maximum atomic E-state index is 12.8. The molecule has 1 aliphatic rings. The third-order valence-electron chi connectivity index (χ3n) is 6.08. The van der Waals surface area contributed by atoms with E-state index in [1.165, 1.54) is 6.20 Å². The van der Waals surface area contributed by atoms with Crippen molar-refractivity contribution in [3.63, 3.8) is 0 Å². The minimum absolute atomic E-state index is 0.175. The van der Waals surface area contributed by atoms with Crippen molar-refractivity contribution in [2.45, 2.75) is 43.9 Å². The van der Waals surface area contributed by atoms with Gasteiger partial charge >= 0.3 is 0 Å². The summed E-state index contributed by atoms with van der Waals surface area (Å²) < 4.78 is 31.3. The van der Waals surface area contributed by atoms with Crippen LogP contribution < -0.4 is 20.3 Å². The van der Waals surface area contributed by atoms with Gasteiger partial charge in [-0.15, -0.1) is 0 Å². The zero-order valence-electron chi connectivity index (χ0n) is 22.0. The second kappa shape index (κ2) is 11.4. The largest absolute Gasteiger partial charge is 0.494 e. The number of hydrogen-bond donors (Lipinski definition) is 2. The van der Waals surface area contributed by atoms with Crippen LogP contribution in [-0.2, 0) is 9.84 Å². The summed E-state index contributed by atoms with van der Waals surface area (Å²) in [5.41, 5.74) is 1.99. The maximum Gasteiger partial charge on any atom is 0.229 e. The monoisotopic (exact) mass is 557 g/mol. The summed E-state index contributed by atoms with van der Waals surface area (Å²) in [6, 6.07) is 12.8. The number of sulfone groups is 1. The molecule has 0 amide bonds. The molecule has 2 heterocycles. The molecule has 1 aromatic heterocycles. The lowest BCUT2D eigenvalue weighted by Crippen LogP contribution is -2.40. The summed E-state index contributed by atoms with van der Waals surface area (Å²) in [6.45, 7) is 9.14. The molecule has 0 radical (unpaired) electrons. The minimum atomic E-state index is -3.53. The van der Waals surface area contributed by atoms with Crippen LogP contribution in [0.5, 0.6) is 5.75 Å². The summed E-state index contributed by atoms with van der Waals surface area (Å²) >= 11 is 6.36. The molecule has 0 fully saturated rings. The van der Waals surface area contributed by atoms with E-state index in [9.17, 15) is 8.42 Å². The van der Waals surface area contributed by atoms with Gasteiger partial charge in [-0.2, -0.15) is 10.1 Å². The summed E-state index contributed by atoms with van der Waals surface area (Å²) in [6.07, 6.45) is 3.27. The first-order valence-electron chi connectivity index (χ1n) is 12.2. The van der Waals surface area contributed by atoms with E-state index < -0.39 is 15.1 Å². The van der Waals surface area contributed by atoms with E-state index >= 15 is 0 Å². The Bertz CT molecular complexity index is 1430. The third kappa shape index (κ3) is 5.94. The van der Waals surface area contributed by atoms with E-state index in [2.05, 4.69) is 44.5 Å². The summed E-state index contributed by atoms with van der Waals surface area (Å²) in [4.78, 5) is 11.0. The number of benzene rings is 2. The van der Waals surface area contributed by atoms with Crippen LogP contribution in [0.2, 0.25) is 5.02 Å². The maximum absolute atomic E-state index is 12.8. The molecule has 0 saturated carbocycles. The lowest BCUT2D eigenvalue weighted by Gasteiger charge is -2.32. The first-order valence-corrected chi connectivity index (χ1v) is 14.2. The fourth-order valence-electron chi connectivity index (χ4n) is 3.84. The zero-order chi connectivity index (χ0) is 27.4. The van der Waals surface area contributed by atoms with E-state index in [4.69, 9.17) is 16.3 Å². The fourth-order valence-corrected chi connectivity index (χ4v) is 5.18. The highest BCUT2D eigenvalue weighted by Crippen LogP contribution is 2.34. The van der Waals surface area contributed by atoms with E-state index in [1.807, 2.05) is 29.5 Å². The Morgan fingerprint density at radius 2 is 1.79 bits per heavy atom. The average molecular weight is 558 g/mol. The molecule has 1 aliphatic heterocycles. The van der Waals surface area contributed by atoms with Gasteiger partial charge in [-0.05, 0) is 52.0 Å². The predicted molar refractivity (Wildman–Crippen MR) is 153 cm³/mol. The Kier molecular flexibility index (Phi) is 8.27. The lowest BCUT2D eigenvalue weighted by molar-refractivity contribution is 0.232. The van der Waals surface area contributed by atoms with Gasteiger partial charge in [-0.3, -0.25) is 5.01 Å². The van der Waals surface area contributed by atoms with Gasteiger partial charge in [-0.25, -0.2) is 13.4 Å². The number of aromatic nitrogens is 2. The van der Waals surface area contributed by atoms with Crippen molar-refractivity contribution in [1.29, 1.82) is 0 Å². The Hall–Kier alpha value is -3.57. The number of nitrogens with one attached hydrogen (secondary N) is 2. The highest BCUT2D eigenvalue weighted by molar-refractivity contribution is 7.92. The number of hydrazone groups is 1. The highest BCUT2D eigenvalue weighted by atomic mass is 35.5. The number of halogens is 1. The SMILES string of the molecule is COc1cc(N2C=NN(C(C)C)CC2)ccc1Nc1ncc(Cl)c(Nc2ccccc2S(=O)(=O)C(C)C)n1.